The smallest absolute Gasteiger partial charge is 0.303 e. The molecule has 0 saturated carbocycles. The molecule has 1 aromatic heterocycles. The van der Waals surface area contributed by atoms with E-state index in [4.69, 9.17) is 23.7 Å². The summed E-state index contributed by atoms with van der Waals surface area (Å²) in [5.74, 6) is -0.234. The summed E-state index contributed by atoms with van der Waals surface area (Å²) in [7, 11) is 1.61. The summed E-state index contributed by atoms with van der Waals surface area (Å²) in [6.07, 6.45) is 0.457. The van der Waals surface area contributed by atoms with Crippen molar-refractivity contribution in [1.29, 1.82) is 0 Å². The number of esters is 3. The number of aromatic nitrogens is 1. The lowest BCUT2D eigenvalue weighted by atomic mass is 10.0. The fraction of sp³-hybridized carbons (Fsp3) is 0.417. The number of carbonyl (C=O) groups is 3. The van der Waals surface area contributed by atoms with Gasteiger partial charge in [0.25, 0.3) is 0 Å². The number of carbonyl (C=O) groups excluding carboxylic acids is 3. The molecule has 0 radical (unpaired) electrons. The van der Waals surface area contributed by atoms with Crippen LogP contribution in [0, 0.1) is 6.92 Å². The van der Waals surface area contributed by atoms with E-state index in [2.05, 4.69) is 4.98 Å². The molecule has 182 valence electrons. The quantitative estimate of drug-likeness (QED) is 0.424. The van der Waals surface area contributed by atoms with Gasteiger partial charge in [-0.1, -0.05) is 6.07 Å². The Hall–Kier alpha value is -3.27. The number of pyridine rings is 1. The summed E-state index contributed by atoms with van der Waals surface area (Å²) in [5, 5.41) is 0. The van der Waals surface area contributed by atoms with Crippen molar-refractivity contribution < 1.29 is 38.1 Å². The van der Waals surface area contributed by atoms with Gasteiger partial charge in [0.05, 0.1) is 13.3 Å². The molecule has 1 aromatic carbocycles. The van der Waals surface area contributed by atoms with Gasteiger partial charge in [-0.25, -0.2) is 0 Å². The number of rotatable bonds is 7. The molecule has 1 fully saturated rings. The summed E-state index contributed by atoms with van der Waals surface area (Å²) in [5.41, 5.74) is 2.06. The Morgan fingerprint density at radius 3 is 2.21 bits per heavy atom. The molecule has 3 rings (SSSR count). The number of thioether (sulfide) groups is 1. The second-order valence-corrected chi connectivity index (χ2v) is 8.84. The number of nitrogens with zero attached hydrogens (tertiary/aromatic N) is 1. The van der Waals surface area contributed by atoms with Crippen molar-refractivity contribution in [2.75, 3.05) is 12.9 Å². The minimum atomic E-state index is -1.02. The zero-order chi connectivity index (χ0) is 24.8. The lowest BCUT2D eigenvalue weighted by molar-refractivity contribution is -0.186. The summed E-state index contributed by atoms with van der Waals surface area (Å²) in [6, 6.07) is 7.55. The summed E-state index contributed by atoms with van der Waals surface area (Å²) in [4.78, 5) is 39.4. The zero-order valence-electron chi connectivity index (χ0n) is 19.6. The Morgan fingerprint density at radius 2 is 1.59 bits per heavy atom. The molecule has 10 heteroatoms. The van der Waals surface area contributed by atoms with E-state index in [0.717, 1.165) is 22.4 Å². The van der Waals surface area contributed by atoms with Crippen LogP contribution in [-0.4, -0.2) is 59.5 Å². The number of aryl methyl sites for hydroxylation is 1. The second kappa shape index (κ2) is 11.2. The van der Waals surface area contributed by atoms with E-state index < -0.39 is 41.7 Å². The van der Waals surface area contributed by atoms with Gasteiger partial charge in [0.15, 0.2) is 23.7 Å². The average Bonchev–Trinajstić information content (AvgIpc) is 2.76. The molecule has 0 spiro atoms. The first kappa shape index (κ1) is 25.4. The van der Waals surface area contributed by atoms with Gasteiger partial charge in [-0.3, -0.25) is 19.4 Å². The number of hydrogen-bond donors (Lipinski definition) is 0. The monoisotopic (exact) mass is 489 g/mol. The standard InChI is InChI=1S/C24H27NO8S/c1-13-8-18(29-5)6-7-20(13)17-9-19(11-25-10-17)33-24-23(32-16(4)28)22(31-15(3)27)21(12-34-24)30-14(2)26/h6-11,21-24H,12H2,1-5H3/t21-,22+,23-,24+/m1/s1. The first-order valence-corrected chi connectivity index (χ1v) is 11.6. The summed E-state index contributed by atoms with van der Waals surface area (Å²) in [6.45, 7) is 5.71. The number of ether oxygens (including phenoxy) is 5. The molecule has 2 heterocycles. The van der Waals surface area contributed by atoms with E-state index in [9.17, 15) is 14.4 Å². The largest absolute Gasteiger partial charge is 0.497 e. The van der Waals surface area contributed by atoms with Gasteiger partial charge in [-0.15, -0.1) is 11.8 Å². The first-order valence-electron chi connectivity index (χ1n) is 10.6. The van der Waals surface area contributed by atoms with Crippen molar-refractivity contribution >= 4 is 29.7 Å². The maximum atomic E-state index is 11.8. The third kappa shape index (κ3) is 6.40. The van der Waals surface area contributed by atoms with Gasteiger partial charge in [-0.05, 0) is 36.2 Å². The van der Waals surface area contributed by atoms with Gasteiger partial charge < -0.3 is 23.7 Å². The van der Waals surface area contributed by atoms with Crippen molar-refractivity contribution in [3.63, 3.8) is 0 Å². The van der Waals surface area contributed by atoms with Crippen LogP contribution in [0.2, 0.25) is 0 Å². The van der Waals surface area contributed by atoms with E-state index >= 15 is 0 Å². The predicted octanol–water partition coefficient (Wildman–Crippen LogP) is 3.31. The lowest BCUT2D eigenvalue weighted by Crippen LogP contribution is -2.55. The highest BCUT2D eigenvalue weighted by atomic mass is 32.2. The summed E-state index contributed by atoms with van der Waals surface area (Å²) >= 11 is 1.29. The summed E-state index contributed by atoms with van der Waals surface area (Å²) < 4.78 is 27.6. The fourth-order valence-corrected chi connectivity index (χ4v) is 4.88. The van der Waals surface area contributed by atoms with Gasteiger partial charge in [-0.2, -0.15) is 0 Å². The lowest BCUT2D eigenvalue weighted by Gasteiger charge is -2.39. The Balaban J connectivity index is 1.88. The molecule has 4 atom stereocenters. The average molecular weight is 490 g/mol. The Bertz CT molecular complexity index is 1060. The maximum absolute atomic E-state index is 11.8. The van der Waals surface area contributed by atoms with Crippen LogP contribution in [-0.2, 0) is 28.6 Å². The van der Waals surface area contributed by atoms with Crippen LogP contribution in [0.5, 0.6) is 11.5 Å². The number of methoxy groups -OCH3 is 1. The Labute approximate surface area is 202 Å². The second-order valence-electron chi connectivity index (χ2n) is 7.71. The third-order valence-corrected chi connectivity index (χ3v) is 6.23. The van der Waals surface area contributed by atoms with Crippen molar-refractivity contribution in [2.45, 2.75) is 51.4 Å². The molecule has 0 aliphatic carbocycles. The van der Waals surface area contributed by atoms with Crippen molar-refractivity contribution in [3.8, 4) is 22.6 Å². The zero-order valence-corrected chi connectivity index (χ0v) is 20.4. The van der Waals surface area contributed by atoms with Gasteiger partial charge in [0.1, 0.15) is 11.5 Å². The normalized spacial score (nSPS) is 21.8. The van der Waals surface area contributed by atoms with E-state index in [1.54, 1.807) is 19.5 Å². The molecular weight excluding hydrogens is 462 g/mol. The molecule has 1 saturated heterocycles. The van der Waals surface area contributed by atoms with Crippen LogP contribution in [0.15, 0.2) is 36.7 Å². The van der Waals surface area contributed by atoms with Crippen molar-refractivity contribution in [1.82, 2.24) is 4.98 Å². The predicted molar refractivity (Wildman–Crippen MR) is 124 cm³/mol. The topological polar surface area (TPSA) is 110 Å². The van der Waals surface area contributed by atoms with Crippen molar-refractivity contribution in [3.05, 3.63) is 42.2 Å². The molecule has 2 aromatic rings. The maximum Gasteiger partial charge on any atom is 0.303 e. The highest BCUT2D eigenvalue weighted by Crippen LogP contribution is 2.35. The molecule has 0 N–H and O–H groups in total. The highest BCUT2D eigenvalue weighted by Gasteiger charge is 2.47. The molecule has 34 heavy (non-hydrogen) atoms. The van der Waals surface area contributed by atoms with E-state index in [1.165, 1.54) is 32.5 Å². The molecule has 1 aliphatic heterocycles. The third-order valence-electron chi connectivity index (χ3n) is 5.01. The molecule has 1 aliphatic rings. The van der Waals surface area contributed by atoms with Gasteiger partial charge in [0, 0.05) is 38.3 Å². The Kier molecular flexibility index (Phi) is 8.38. The van der Waals surface area contributed by atoms with Crippen LogP contribution in [0.1, 0.15) is 26.3 Å². The fourth-order valence-electron chi connectivity index (χ4n) is 3.66. The molecule has 0 unspecified atom stereocenters. The molecule has 9 nitrogen and oxygen atoms in total. The highest BCUT2D eigenvalue weighted by molar-refractivity contribution is 7.99. The van der Waals surface area contributed by atoms with Crippen LogP contribution < -0.4 is 9.47 Å². The number of hydrogen-bond acceptors (Lipinski definition) is 10. The van der Waals surface area contributed by atoms with Gasteiger partial charge in [0.2, 0.25) is 0 Å². The van der Waals surface area contributed by atoms with Gasteiger partial charge >= 0.3 is 17.9 Å². The van der Waals surface area contributed by atoms with E-state index in [-0.39, 0.29) is 5.75 Å². The van der Waals surface area contributed by atoms with Crippen LogP contribution >= 0.6 is 11.8 Å². The number of benzene rings is 1. The Morgan fingerprint density at radius 1 is 0.912 bits per heavy atom. The first-order chi connectivity index (χ1) is 16.2. The van der Waals surface area contributed by atoms with Crippen LogP contribution in [0.4, 0.5) is 0 Å². The van der Waals surface area contributed by atoms with E-state index in [1.807, 2.05) is 31.2 Å². The molecule has 0 bridgehead atoms. The SMILES string of the molecule is COc1ccc(-c2cncc(O[C@H]3SC[C@@H](OC(C)=O)[C@H](OC(C)=O)[C@H]3OC(C)=O)c2)c(C)c1. The minimum absolute atomic E-state index is 0.282. The van der Waals surface area contributed by atoms with Crippen LogP contribution in [0.3, 0.4) is 0 Å². The molecule has 0 amide bonds. The minimum Gasteiger partial charge on any atom is -0.497 e. The molecular formula is C24H27NO8S. The van der Waals surface area contributed by atoms with Crippen LogP contribution in [0.25, 0.3) is 11.1 Å². The van der Waals surface area contributed by atoms with E-state index in [0.29, 0.717) is 5.75 Å². The van der Waals surface area contributed by atoms with Crippen molar-refractivity contribution in [2.24, 2.45) is 0 Å².